The maximum absolute atomic E-state index is 13.1. The SMILES string of the molecule is CCCN(Nc1ccccc1)/C(C)=C(\C=O)C(=O)NC1CCC(Oc2ccnc3cc(OC)ccc23)CC1. The first kappa shape index (κ1) is 27.0. The first-order chi connectivity index (χ1) is 18.5. The number of carbonyl (C=O) groups is 2. The Bertz CT molecular complexity index is 1270. The van der Waals surface area contributed by atoms with Crippen molar-refractivity contribution < 1.29 is 19.1 Å². The molecule has 0 aliphatic heterocycles. The van der Waals surface area contributed by atoms with E-state index in [1.54, 1.807) is 20.2 Å². The van der Waals surface area contributed by atoms with E-state index in [-0.39, 0.29) is 23.6 Å². The fourth-order valence-corrected chi connectivity index (χ4v) is 4.75. The molecule has 1 fully saturated rings. The molecule has 1 heterocycles. The van der Waals surface area contributed by atoms with Crippen LogP contribution in [0.4, 0.5) is 5.69 Å². The molecule has 0 atom stereocenters. The minimum absolute atomic E-state index is 0.00902. The average Bonchev–Trinajstić information content (AvgIpc) is 2.94. The summed E-state index contributed by atoms with van der Waals surface area (Å²) >= 11 is 0. The summed E-state index contributed by atoms with van der Waals surface area (Å²) in [4.78, 5) is 29.5. The topological polar surface area (TPSA) is 92.8 Å². The molecule has 1 aliphatic rings. The van der Waals surface area contributed by atoms with Gasteiger partial charge in [0, 0.05) is 35.9 Å². The number of nitrogens with one attached hydrogen (secondary N) is 2. The van der Waals surface area contributed by atoms with Gasteiger partial charge in [-0.2, -0.15) is 0 Å². The molecule has 1 aliphatic carbocycles. The fraction of sp³-hybridized carbons (Fsp3) is 0.367. The highest BCUT2D eigenvalue weighted by molar-refractivity contribution is 6.11. The monoisotopic (exact) mass is 516 g/mol. The van der Waals surface area contributed by atoms with Gasteiger partial charge in [0.1, 0.15) is 11.5 Å². The van der Waals surface area contributed by atoms with Gasteiger partial charge in [0.05, 0.1) is 30.0 Å². The third-order valence-corrected chi connectivity index (χ3v) is 6.86. The molecular weight excluding hydrogens is 480 g/mol. The number of ether oxygens (including phenoxy) is 2. The zero-order chi connectivity index (χ0) is 26.9. The van der Waals surface area contributed by atoms with E-state index in [2.05, 4.69) is 22.7 Å². The van der Waals surface area contributed by atoms with Gasteiger partial charge in [0.15, 0.2) is 6.29 Å². The summed E-state index contributed by atoms with van der Waals surface area (Å²) in [5, 5.41) is 5.88. The van der Waals surface area contributed by atoms with Gasteiger partial charge in [0.2, 0.25) is 0 Å². The van der Waals surface area contributed by atoms with Crippen LogP contribution in [0.2, 0.25) is 0 Å². The van der Waals surface area contributed by atoms with Crippen molar-refractivity contribution in [3.8, 4) is 11.5 Å². The molecule has 2 N–H and O–H groups in total. The number of fused-ring (bicyclic) bond motifs is 1. The van der Waals surface area contributed by atoms with Gasteiger partial charge in [0.25, 0.3) is 5.91 Å². The van der Waals surface area contributed by atoms with E-state index < -0.39 is 0 Å². The Balaban J connectivity index is 1.36. The van der Waals surface area contributed by atoms with E-state index in [0.29, 0.717) is 18.5 Å². The summed E-state index contributed by atoms with van der Waals surface area (Å²) in [7, 11) is 1.64. The predicted molar refractivity (Wildman–Crippen MR) is 149 cm³/mol. The number of aromatic nitrogens is 1. The summed E-state index contributed by atoms with van der Waals surface area (Å²) in [6.45, 7) is 4.51. The third kappa shape index (κ3) is 6.62. The first-order valence-corrected chi connectivity index (χ1v) is 13.2. The summed E-state index contributed by atoms with van der Waals surface area (Å²) in [6, 6.07) is 17.4. The minimum atomic E-state index is -0.341. The zero-order valence-electron chi connectivity index (χ0n) is 22.3. The number of amides is 1. The highest BCUT2D eigenvalue weighted by Crippen LogP contribution is 2.31. The van der Waals surface area contributed by atoms with Crippen molar-refractivity contribution in [3.63, 3.8) is 0 Å². The number of anilines is 1. The largest absolute Gasteiger partial charge is 0.497 e. The maximum Gasteiger partial charge on any atom is 0.256 e. The van der Waals surface area contributed by atoms with Crippen LogP contribution in [0.1, 0.15) is 46.0 Å². The van der Waals surface area contributed by atoms with Gasteiger partial charge in [-0.1, -0.05) is 25.1 Å². The Morgan fingerprint density at radius 2 is 1.87 bits per heavy atom. The van der Waals surface area contributed by atoms with Gasteiger partial charge in [-0.3, -0.25) is 25.0 Å². The summed E-state index contributed by atoms with van der Waals surface area (Å²) < 4.78 is 11.6. The van der Waals surface area contributed by atoms with Crippen molar-refractivity contribution in [1.82, 2.24) is 15.3 Å². The molecule has 0 saturated heterocycles. The predicted octanol–water partition coefficient (Wildman–Crippen LogP) is 5.26. The van der Waals surface area contributed by atoms with Crippen LogP contribution in [0.3, 0.4) is 0 Å². The number of para-hydroxylation sites is 1. The van der Waals surface area contributed by atoms with E-state index in [1.807, 2.05) is 59.6 Å². The summed E-state index contributed by atoms with van der Waals surface area (Å²) in [5.41, 5.74) is 5.76. The van der Waals surface area contributed by atoms with Crippen LogP contribution in [0.25, 0.3) is 10.9 Å². The second-order valence-electron chi connectivity index (χ2n) is 9.50. The van der Waals surface area contributed by atoms with E-state index in [9.17, 15) is 9.59 Å². The van der Waals surface area contributed by atoms with E-state index in [0.717, 1.165) is 60.2 Å². The maximum atomic E-state index is 13.1. The van der Waals surface area contributed by atoms with E-state index in [1.165, 1.54) is 0 Å². The van der Waals surface area contributed by atoms with Crippen molar-refractivity contribution >= 4 is 28.8 Å². The number of benzene rings is 2. The molecule has 1 amide bonds. The number of hydrogen-bond donors (Lipinski definition) is 2. The number of rotatable bonds is 11. The lowest BCUT2D eigenvalue weighted by Gasteiger charge is -2.31. The summed E-state index contributed by atoms with van der Waals surface area (Å²) in [6.07, 6.45) is 6.47. The number of methoxy groups -OCH3 is 1. The molecule has 4 rings (SSSR count). The van der Waals surface area contributed by atoms with Crippen molar-refractivity contribution in [2.24, 2.45) is 0 Å². The quantitative estimate of drug-likeness (QED) is 0.118. The van der Waals surface area contributed by atoms with E-state index >= 15 is 0 Å². The molecule has 3 aromatic rings. The molecule has 0 radical (unpaired) electrons. The molecule has 8 nitrogen and oxygen atoms in total. The zero-order valence-corrected chi connectivity index (χ0v) is 22.3. The van der Waals surface area contributed by atoms with Crippen molar-refractivity contribution in [3.05, 3.63) is 72.1 Å². The fourth-order valence-electron chi connectivity index (χ4n) is 4.75. The number of carbonyl (C=O) groups excluding carboxylic acids is 2. The number of hydrogen-bond acceptors (Lipinski definition) is 7. The molecule has 2 aromatic carbocycles. The second kappa shape index (κ2) is 12.9. The normalized spacial score (nSPS) is 17.8. The molecule has 8 heteroatoms. The minimum Gasteiger partial charge on any atom is -0.497 e. The number of pyridine rings is 1. The van der Waals surface area contributed by atoms with Gasteiger partial charge in [-0.05, 0) is 69.4 Å². The Labute approximate surface area is 224 Å². The van der Waals surface area contributed by atoms with Crippen LogP contribution < -0.4 is 20.2 Å². The molecule has 38 heavy (non-hydrogen) atoms. The summed E-state index contributed by atoms with van der Waals surface area (Å²) in [5.74, 6) is 1.21. The molecular formula is C30H36N4O4. The highest BCUT2D eigenvalue weighted by atomic mass is 16.5. The Morgan fingerprint density at radius 3 is 2.55 bits per heavy atom. The van der Waals surface area contributed by atoms with Crippen LogP contribution in [-0.2, 0) is 9.59 Å². The first-order valence-electron chi connectivity index (χ1n) is 13.2. The molecule has 0 bridgehead atoms. The van der Waals surface area contributed by atoms with Crippen LogP contribution >= 0.6 is 0 Å². The van der Waals surface area contributed by atoms with Crippen LogP contribution in [-0.4, -0.2) is 48.0 Å². The average molecular weight is 517 g/mol. The molecule has 200 valence electrons. The van der Waals surface area contributed by atoms with Crippen LogP contribution in [0.15, 0.2) is 72.1 Å². The van der Waals surface area contributed by atoms with Crippen LogP contribution in [0.5, 0.6) is 11.5 Å². The second-order valence-corrected chi connectivity index (χ2v) is 9.50. The van der Waals surface area contributed by atoms with Gasteiger partial charge in [-0.15, -0.1) is 0 Å². The van der Waals surface area contributed by atoms with Gasteiger partial charge >= 0.3 is 0 Å². The van der Waals surface area contributed by atoms with Crippen LogP contribution in [0, 0.1) is 0 Å². The molecule has 1 saturated carbocycles. The number of hydrazine groups is 1. The van der Waals surface area contributed by atoms with Crippen molar-refractivity contribution in [1.29, 1.82) is 0 Å². The third-order valence-electron chi connectivity index (χ3n) is 6.86. The molecule has 1 aromatic heterocycles. The molecule has 0 spiro atoms. The van der Waals surface area contributed by atoms with E-state index in [4.69, 9.17) is 9.47 Å². The van der Waals surface area contributed by atoms with Crippen molar-refractivity contribution in [2.45, 2.75) is 58.1 Å². The lowest BCUT2D eigenvalue weighted by molar-refractivity contribution is -0.120. The van der Waals surface area contributed by atoms with Crippen molar-refractivity contribution in [2.75, 3.05) is 19.1 Å². The van der Waals surface area contributed by atoms with Gasteiger partial charge < -0.3 is 14.8 Å². The lowest BCUT2D eigenvalue weighted by atomic mass is 9.92. The van der Waals surface area contributed by atoms with Gasteiger partial charge in [-0.25, -0.2) is 0 Å². The smallest absolute Gasteiger partial charge is 0.256 e. The Hall–Kier alpha value is -4.07. The Morgan fingerprint density at radius 1 is 1.11 bits per heavy atom. The highest BCUT2D eigenvalue weighted by Gasteiger charge is 2.26. The number of nitrogens with zero attached hydrogens (tertiary/aromatic N) is 2. The number of aldehydes is 1. The number of allylic oxidation sites excluding steroid dienone is 1. The standard InChI is InChI=1S/C30H36N4O4/c1-4-18-34(33-23-8-6-5-7-9-23)21(2)27(20-35)30(36)32-22-10-12-24(13-11-22)38-29-16-17-31-28-19-25(37-3)14-15-26(28)29/h5-9,14-17,19-20,22,24,33H,4,10-13,18H2,1-3H3,(H,32,36)/b27-21+. The molecule has 0 unspecified atom stereocenters. The Kier molecular flexibility index (Phi) is 9.19. The lowest BCUT2D eigenvalue weighted by Crippen LogP contribution is -2.41.